The lowest BCUT2D eigenvalue weighted by Gasteiger charge is -2.23. The predicted octanol–water partition coefficient (Wildman–Crippen LogP) is 4.97. The van der Waals surface area contributed by atoms with E-state index in [9.17, 15) is 5.11 Å². The largest absolute Gasteiger partial charge is 0.492 e. The molecule has 3 aromatic rings. The fraction of sp³-hybridized carbons (Fsp3) is 0.333. The second-order valence-electron chi connectivity index (χ2n) is 7.38. The van der Waals surface area contributed by atoms with Crippen LogP contribution in [-0.2, 0) is 12.2 Å². The first-order valence-corrected chi connectivity index (χ1v) is 11.1. The molecule has 0 aromatic heterocycles. The summed E-state index contributed by atoms with van der Waals surface area (Å²) in [6.45, 7) is 3.28. The Kier molecular flexibility index (Phi) is 6.20. The van der Waals surface area contributed by atoms with E-state index >= 15 is 0 Å². The molecule has 148 valence electrons. The van der Waals surface area contributed by atoms with Crippen LogP contribution in [0.25, 0.3) is 10.8 Å². The molecule has 2 unspecified atom stereocenters. The van der Waals surface area contributed by atoms with Gasteiger partial charge >= 0.3 is 0 Å². The maximum absolute atomic E-state index is 10.7. The molecule has 0 radical (unpaired) electrons. The van der Waals surface area contributed by atoms with E-state index in [1.807, 2.05) is 36.9 Å². The third-order valence-corrected chi connectivity index (χ3v) is 6.38. The molecule has 0 amide bonds. The molecule has 0 aliphatic carbocycles. The van der Waals surface area contributed by atoms with Gasteiger partial charge in [-0.2, -0.15) is 11.8 Å². The van der Waals surface area contributed by atoms with Crippen molar-refractivity contribution in [2.75, 3.05) is 18.9 Å². The van der Waals surface area contributed by atoms with Gasteiger partial charge in [-0.05, 0) is 58.7 Å². The van der Waals surface area contributed by atoms with Gasteiger partial charge in [-0.15, -0.1) is 0 Å². The summed E-state index contributed by atoms with van der Waals surface area (Å²) in [6, 6.07) is 20.8. The molecule has 4 rings (SSSR count). The highest BCUT2D eigenvalue weighted by Crippen LogP contribution is 2.28. The van der Waals surface area contributed by atoms with E-state index in [1.54, 1.807) is 0 Å². The Morgan fingerprint density at radius 1 is 1.07 bits per heavy atom. The van der Waals surface area contributed by atoms with E-state index < -0.39 is 6.10 Å². The summed E-state index contributed by atoms with van der Waals surface area (Å²) in [6.07, 6.45) is 0.586. The molecular formula is C24H29NO2S. The predicted molar refractivity (Wildman–Crippen MR) is 120 cm³/mol. The first kappa shape index (κ1) is 19.3. The number of benzene rings is 3. The number of aliphatic hydroxyl groups excluding tert-OH is 1. The zero-order valence-electron chi connectivity index (χ0n) is 16.2. The van der Waals surface area contributed by atoms with Gasteiger partial charge in [0, 0.05) is 19.8 Å². The van der Waals surface area contributed by atoms with E-state index in [0.717, 1.165) is 23.5 Å². The second kappa shape index (κ2) is 8.99. The second-order valence-corrected chi connectivity index (χ2v) is 8.48. The average molecular weight is 396 g/mol. The number of rotatable bonds is 7. The Bertz CT molecular complexity index is 949. The monoisotopic (exact) mass is 395 g/mol. The van der Waals surface area contributed by atoms with Crippen LogP contribution in [0.3, 0.4) is 0 Å². The van der Waals surface area contributed by atoms with Crippen LogP contribution in [0.15, 0.2) is 60.7 Å². The molecule has 2 atom stereocenters. The molecule has 2 N–H and O–H groups in total. The molecule has 1 aliphatic heterocycles. The van der Waals surface area contributed by atoms with Crippen molar-refractivity contribution < 1.29 is 11.3 Å². The molecule has 0 saturated heterocycles. The summed E-state index contributed by atoms with van der Waals surface area (Å²) in [5, 5.41) is 16.5. The van der Waals surface area contributed by atoms with Gasteiger partial charge in [-0.1, -0.05) is 48.5 Å². The fourth-order valence-corrected chi connectivity index (χ4v) is 4.69. The van der Waals surface area contributed by atoms with Crippen molar-refractivity contribution in [2.45, 2.75) is 31.2 Å². The minimum atomic E-state index is -0.513. The topological polar surface area (TPSA) is 41.5 Å². The Hall–Kier alpha value is -2.01. The van der Waals surface area contributed by atoms with Gasteiger partial charge in [0.15, 0.2) is 0 Å². The summed E-state index contributed by atoms with van der Waals surface area (Å²) in [4.78, 5) is 0. The Labute approximate surface area is 172 Å². The van der Waals surface area contributed by atoms with Crippen molar-refractivity contribution >= 4 is 22.5 Å². The van der Waals surface area contributed by atoms with Crippen molar-refractivity contribution in [2.24, 2.45) is 0 Å². The average Bonchev–Trinajstić information content (AvgIpc) is 2.75. The molecule has 3 aromatic carbocycles. The van der Waals surface area contributed by atoms with Gasteiger partial charge in [0.1, 0.15) is 12.4 Å². The van der Waals surface area contributed by atoms with Crippen LogP contribution in [0.2, 0.25) is 0 Å². The first-order chi connectivity index (χ1) is 13.7. The van der Waals surface area contributed by atoms with Crippen molar-refractivity contribution in [1.82, 2.24) is 5.32 Å². The smallest absolute Gasteiger partial charge is 0.120 e. The quantitative estimate of drug-likeness (QED) is 0.555. The number of aryl methyl sites for hydroxylation is 1. The van der Waals surface area contributed by atoms with Gasteiger partial charge in [0.05, 0.1) is 6.10 Å². The Morgan fingerprint density at radius 2 is 1.93 bits per heavy atom. The summed E-state index contributed by atoms with van der Waals surface area (Å²) < 4.78 is 5.88. The van der Waals surface area contributed by atoms with Crippen molar-refractivity contribution in [1.29, 1.82) is 0 Å². The van der Waals surface area contributed by atoms with E-state index in [0.29, 0.717) is 13.2 Å². The molecule has 28 heavy (non-hydrogen) atoms. The minimum Gasteiger partial charge on any atom is -0.492 e. The highest BCUT2D eigenvalue weighted by Gasteiger charge is 2.18. The summed E-state index contributed by atoms with van der Waals surface area (Å²) in [5.41, 5.74) is 3.81. The SMILES string of the molecule is CC(NCCOc1ccc2ccccc2c1)C(O)c1ccc2c(c1)CCSC2.[HH]. The molecule has 1 heterocycles. The maximum Gasteiger partial charge on any atom is 0.120 e. The number of nitrogens with one attached hydrogen (secondary N) is 1. The normalized spacial score (nSPS) is 15.8. The van der Waals surface area contributed by atoms with Crippen molar-refractivity contribution in [3.8, 4) is 5.75 Å². The zero-order chi connectivity index (χ0) is 19.3. The number of hydrogen-bond acceptors (Lipinski definition) is 4. The van der Waals surface area contributed by atoms with Crippen LogP contribution in [0.4, 0.5) is 0 Å². The third kappa shape index (κ3) is 4.52. The standard InChI is InChI=1S/C24H27NO2S.H2/c1-17(24(26)21-6-7-22-16-28-13-10-20(22)14-21)25-11-12-27-23-9-8-18-4-2-3-5-19(18)15-23;/h2-9,14-15,17,24-26H,10-13,16H2,1H3;1H. The highest BCUT2D eigenvalue weighted by molar-refractivity contribution is 7.98. The Balaban J connectivity index is 0.00000240. The van der Waals surface area contributed by atoms with Crippen LogP contribution >= 0.6 is 11.8 Å². The molecule has 0 saturated carbocycles. The lowest BCUT2D eigenvalue weighted by molar-refractivity contribution is 0.133. The van der Waals surface area contributed by atoms with E-state index in [-0.39, 0.29) is 7.47 Å². The van der Waals surface area contributed by atoms with Gasteiger partial charge in [-0.25, -0.2) is 0 Å². The van der Waals surface area contributed by atoms with Gasteiger partial charge in [0.25, 0.3) is 0 Å². The molecule has 3 nitrogen and oxygen atoms in total. The highest BCUT2D eigenvalue weighted by atomic mass is 32.2. The van der Waals surface area contributed by atoms with Gasteiger partial charge in [0.2, 0.25) is 0 Å². The number of aliphatic hydroxyl groups is 1. The van der Waals surface area contributed by atoms with Gasteiger partial charge < -0.3 is 15.2 Å². The van der Waals surface area contributed by atoms with Gasteiger partial charge in [-0.3, -0.25) is 0 Å². The van der Waals surface area contributed by atoms with Crippen LogP contribution in [0.5, 0.6) is 5.75 Å². The molecule has 4 heteroatoms. The number of hydrogen-bond donors (Lipinski definition) is 2. The fourth-order valence-electron chi connectivity index (χ4n) is 3.68. The third-order valence-electron chi connectivity index (χ3n) is 5.38. The van der Waals surface area contributed by atoms with Crippen molar-refractivity contribution in [3.63, 3.8) is 0 Å². The summed E-state index contributed by atoms with van der Waals surface area (Å²) in [7, 11) is 0. The summed E-state index contributed by atoms with van der Waals surface area (Å²) >= 11 is 1.98. The first-order valence-electron chi connectivity index (χ1n) is 9.93. The summed E-state index contributed by atoms with van der Waals surface area (Å²) in [5.74, 6) is 3.14. The molecule has 0 fully saturated rings. The lowest BCUT2D eigenvalue weighted by atomic mass is 9.97. The molecule has 0 bridgehead atoms. The van der Waals surface area contributed by atoms with Crippen LogP contribution in [0.1, 0.15) is 31.1 Å². The molecule has 1 aliphatic rings. The molecule has 0 spiro atoms. The van der Waals surface area contributed by atoms with Crippen LogP contribution in [0, 0.1) is 0 Å². The number of fused-ring (bicyclic) bond motifs is 2. The maximum atomic E-state index is 10.7. The van der Waals surface area contributed by atoms with Crippen LogP contribution < -0.4 is 10.1 Å². The lowest BCUT2D eigenvalue weighted by Crippen LogP contribution is -2.35. The van der Waals surface area contributed by atoms with Crippen LogP contribution in [-0.4, -0.2) is 30.1 Å². The molecular weight excluding hydrogens is 366 g/mol. The van der Waals surface area contributed by atoms with E-state index in [4.69, 9.17) is 4.74 Å². The zero-order valence-corrected chi connectivity index (χ0v) is 17.0. The van der Waals surface area contributed by atoms with E-state index in [2.05, 4.69) is 47.8 Å². The van der Waals surface area contributed by atoms with E-state index in [1.165, 1.54) is 27.7 Å². The van der Waals surface area contributed by atoms with Crippen molar-refractivity contribution in [3.05, 3.63) is 77.4 Å². The Morgan fingerprint density at radius 3 is 2.82 bits per heavy atom. The number of thioether (sulfide) groups is 1. The minimum absolute atomic E-state index is 0. The number of ether oxygens (including phenoxy) is 1.